The molecule has 4 aliphatic rings. The summed E-state index contributed by atoms with van der Waals surface area (Å²) in [4.78, 5) is 87.8. The first kappa shape index (κ1) is 35.8. The Labute approximate surface area is 273 Å². The lowest BCUT2D eigenvalue weighted by Gasteiger charge is -2.57. The van der Waals surface area contributed by atoms with E-state index >= 15 is 0 Å². The Bertz CT molecular complexity index is 1330. The maximum Gasteiger partial charge on any atom is 0.326 e. The molecule has 0 bridgehead atoms. The van der Waals surface area contributed by atoms with Crippen molar-refractivity contribution in [2.24, 2.45) is 28.6 Å². The summed E-state index contributed by atoms with van der Waals surface area (Å²) in [7, 11) is 0. The monoisotopic (exact) mass is 662 g/mol. The van der Waals surface area contributed by atoms with Gasteiger partial charge in [0.05, 0.1) is 6.42 Å². The van der Waals surface area contributed by atoms with E-state index in [-0.39, 0.29) is 61.4 Å². The van der Waals surface area contributed by atoms with E-state index in [0.29, 0.717) is 37.9 Å². The van der Waals surface area contributed by atoms with Crippen molar-refractivity contribution in [3.05, 3.63) is 11.6 Å². The highest BCUT2D eigenvalue weighted by molar-refractivity contribution is 7.98. The molecule has 2 amide bonds. The summed E-state index contributed by atoms with van der Waals surface area (Å²) >= 11 is 1.44. The zero-order valence-electron chi connectivity index (χ0n) is 27.0. The first-order chi connectivity index (χ1) is 21.6. The van der Waals surface area contributed by atoms with Crippen molar-refractivity contribution in [2.75, 3.05) is 18.6 Å². The number of aliphatic hydroxyl groups is 1. The molecule has 0 unspecified atom stereocenters. The van der Waals surface area contributed by atoms with Gasteiger partial charge in [-0.25, -0.2) is 4.79 Å². The second kappa shape index (κ2) is 14.0. The molecule has 0 spiro atoms. The molecule has 3 fully saturated rings. The van der Waals surface area contributed by atoms with E-state index in [2.05, 4.69) is 17.6 Å². The molecule has 0 saturated heterocycles. The van der Waals surface area contributed by atoms with E-state index < -0.39 is 64.7 Å². The number of hydrogen-bond donors (Lipinski definition) is 4. The molecule has 0 heterocycles. The number of esters is 1. The van der Waals surface area contributed by atoms with Crippen LogP contribution in [0.1, 0.15) is 85.0 Å². The molecule has 4 N–H and O–H groups in total. The summed E-state index contributed by atoms with van der Waals surface area (Å²) < 4.78 is 5.16. The summed E-state index contributed by atoms with van der Waals surface area (Å²) in [6.45, 7) is 4.57. The van der Waals surface area contributed by atoms with Crippen LogP contribution in [-0.4, -0.2) is 87.6 Å². The van der Waals surface area contributed by atoms with Crippen molar-refractivity contribution in [1.29, 1.82) is 0 Å². The first-order valence-corrected chi connectivity index (χ1v) is 17.5. The Morgan fingerprint density at radius 2 is 1.78 bits per heavy atom. The molecule has 4 rings (SSSR count). The predicted molar refractivity (Wildman–Crippen MR) is 167 cm³/mol. The summed E-state index contributed by atoms with van der Waals surface area (Å²) in [6.07, 6.45) is 6.26. The minimum Gasteiger partial charge on any atom is -0.480 e. The van der Waals surface area contributed by atoms with Gasteiger partial charge < -0.3 is 25.6 Å². The van der Waals surface area contributed by atoms with Crippen LogP contribution in [0.2, 0.25) is 0 Å². The number of carboxylic acid groups (broad SMARTS) is 1. The highest BCUT2D eigenvalue weighted by Crippen LogP contribution is 2.66. The summed E-state index contributed by atoms with van der Waals surface area (Å²) in [5.41, 5.74) is -2.21. The normalized spacial score (nSPS) is 33.0. The van der Waals surface area contributed by atoms with Crippen molar-refractivity contribution in [1.82, 2.24) is 10.6 Å². The third-order valence-electron chi connectivity index (χ3n) is 11.2. The lowest BCUT2D eigenvalue weighted by Crippen LogP contribution is -2.61. The first-order valence-electron chi connectivity index (χ1n) is 16.1. The number of rotatable bonds is 13. The van der Waals surface area contributed by atoms with Crippen LogP contribution in [0.25, 0.3) is 0 Å². The van der Waals surface area contributed by atoms with E-state index in [1.54, 1.807) is 13.0 Å². The molecule has 12 nitrogen and oxygen atoms in total. The van der Waals surface area contributed by atoms with Crippen molar-refractivity contribution in [2.45, 2.75) is 103 Å². The van der Waals surface area contributed by atoms with Gasteiger partial charge in [-0.2, -0.15) is 11.8 Å². The van der Waals surface area contributed by atoms with Crippen LogP contribution in [0.3, 0.4) is 0 Å². The van der Waals surface area contributed by atoms with Crippen molar-refractivity contribution in [3.8, 4) is 0 Å². The largest absolute Gasteiger partial charge is 0.480 e. The number of fused-ring (bicyclic) bond motifs is 5. The van der Waals surface area contributed by atoms with Gasteiger partial charge in [0.15, 0.2) is 12.4 Å². The van der Waals surface area contributed by atoms with E-state index in [4.69, 9.17) is 4.74 Å². The molecule has 13 heteroatoms. The SMILES string of the molecule is CSCC[C@@H](NC(=O)[C@@H](C)NC(=O)CCC(=O)OCC(=O)[C@@]1(O)CC[C@H]2[C@@H]3CCC4=CC(=O)CC[C@]4(C)[C@H]3C(=O)C[C@@]21C)C(=O)O. The van der Waals surface area contributed by atoms with E-state index in [1.807, 2.05) is 6.26 Å². The lowest BCUT2D eigenvalue weighted by molar-refractivity contribution is -0.173. The third-order valence-corrected chi connectivity index (χ3v) is 11.8. The molecule has 0 aromatic carbocycles. The lowest BCUT2D eigenvalue weighted by atomic mass is 9.46. The number of amides is 2. The van der Waals surface area contributed by atoms with Gasteiger partial charge in [-0.15, -0.1) is 0 Å². The van der Waals surface area contributed by atoms with Crippen LogP contribution in [0.5, 0.6) is 0 Å². The van der Waals surface area contributed by atoms with Crippen LogP contribution in [0, 0.1) is 28.6 Å². The fourth-order valence-electron chi connectivity index (χ4n) is 8.57. The molecule has 0 radical (unpaired) electrons. The maximum absolute atomic E-state index is 13.8. The van der Waals surface area contributed by atoms with Gasteiger partial charge in [0.2, 0.25) is 17.6 Å². The number of allylic oxidation sites excluding steroid dienone is 1. The Morgan fingerprint density at radius 1 is 1.07 bits per heavy atom. The van der Waals surface area contributed by atoms with Crippen molar-refractivity contribution < 1.29 is 48.5 Å². The summed E-state index contributed by atoms with van der Waals surface area (Å²) in [5.74, 6) is -3.71. The molecule has 0 aromatic rings. The van der Waals surface area contributed by atoms with Gasteiger partial charge in [-0.05, 0) is 80.8 Å². The number of carboxylic acids is 1. The molecular weight excluding hydrogens is 616 g/mol. The molecule has 46 heavy (non-hydrogen) atoms. The highest BCUT2D eigenvalue weighted by atomic mass is 32.2. The number of carbonyl (C=O) groups is 7. The third kappa shape index (κ3) is 6.81. The number of hydrogen-bond acceptors (Lipinski definition) is 10. The van der Waals surface area contributed by atoms with E-state index in [0.717, 1.165) is 5.57 Å². The van der Waals surface area contributed by atoms with Crippen LogP contribution < -0.4 is 10.6 Å². The number of thioether (sulfide) groups is 1. The fourth-order valence-corrected chi connectivity index (χ4v) is 9.04. The molecular formula is C33H46N2O10S. The Kier molecular flexibility index (Phi) is 10.9. The topological polar surface area (TPSA) is 193 Å². The Morgan fingerprint density at radius 3 is 2.46 bits per heavy atom. The quantitative estimate of drug-likeness (QED) is 0.211. The molecule has 3 saturated carbocycles. The second-order valence-corrected chi connectivity index (χ2v) is 14.8. The maximum atomic E-state index is 13.8. The van der Waals surface area contributed by atoms with Gasteiger partial charge >= 0.3 is 11.9 Å². The number of ketones is 3. The molecule has 254 valence electrons. The molecule has 0 aromatic heterocycles. The predicted octanol–water partition coefficient (Wildman–Crippen LogP) is 2.15. The van der Waals surface area contributed by atoms with Crippen LogP contribution in [0.15, 0.2) is 11.6 Å². The van der Waals surface area contributed by atoms with E-state index in [1.165, 1.54) is 18.7 Å². The number of aliphatic carboxylic acids is 1. The van der Waals surface area contributed by atoms with E-state index in [9.17, 15) is 43.8 Å². The Balaban J connectivity index is 1.29. The second-order valence-electron chi connectivity index (χ2n) is 13.9. The minimum atomic E-state index is -1.85. The molecule has 8 atom stereocenters. The van der Waals surface area contributed by atoms with Gasteiger partial charge in [-0.3, -0.25) is 28.8 Å². The average molecular weight is 663 g/mol. The average Bonchev–Trinajstić information content (AvgIpc) is 3.27. The van der Waals surface area contributed by atoms with Crippen LogP contribution in [-0.2, 0) is 38.3 Å². The van der Waals surface area contributed by atoms with Crippen molar-refractivity contribution in [3.63, 3.8) is 0 Å². The van der Waals surface area contributed by atoms with Gasteiger partial charge in [-0.1, -0.05) is 19.4 Å². The minimum absolute atomic E-state index is 0.00341. The summed E-state index contributed by atoms with van der Waals surface area (Å²) in [6, 6.07) is -2.13. The number of nitrogens with one attached hydrogen (secondary N) is 2. The molecule has 0 aliphatic heterocycles. The fraction of sp³-hybridized carbons (Fsp3) is 0.727. The number of Topliss-reactive ketones (excluding diaryl/α,β-unsaturated/α-hetero) is 2. The van der Waals surface area contributed by atoms with Gasteiger partial charge in [0.25, 0.3) is 0 Å². The molecule has 4 aliphatic carbocycles. The van der Waals surface area contributed by atoms with Crippen LogP contribution >= 0.6 is 11.8 Å². The van der Waals surface area contributed by atoms with Crippen molar-refractivity contribution >= 4 is 52.9 Å². The zero-order valence-corrected chi connectivity index (χ0v) is 27.8. The smallest absolute Gasteiger partial charge is 0.326 e. The highest BCUT2D eigenvalue weighted by Gasteiger charge is 2.68. The van der Waals surface area contributed by atoms with Gasteiger partial charge in [0.1, 0.15) is 23.5 Å². The number of ether oxygens (including phenoxy) is 1. The Hall–Kier alpha value is -3.06. The number of carbonyl (C=O) groups excluding carboxylic acids is 6. The standard InChI is InChI=1S/C33H46N2O10S/c1-18(29(41)35-23(30(42)43)11-14-46-4)34-26(39)7-8-27(40)45-17-25(38)33(44)13-10-22-21-6-5-19-15-20(36)9-12-31(19,2)28(21)24(37)16-32(22,33)3/h15,18,21-23,28,44H,5-14,16-17H2,1-4H3,(H,34,39)(H,35,41)(H,42,43)/t18-,21+,22+,23-,28-,31+,32+,33+/m1/s1. The van der Waals surface area contributed by atoms with Gasteiger partial charge in [0, 0.05) is 30.6 Å². The van der Waals surface area contributed by atoms with Crippen LogP contribution in [0.4, 0.5) is 0 Å². The zero-order chi connectivity index (χ0) is 34.0. The summed E-state index contributed by atoms with van der Waals surface area (Å²) in [5, 5.41) is 25.9.